The molecule has 0 radical (unpaired) electrons. The van der Waals surface area contributed by atoms with Crippen molar-refractivity contribution < 1.29 is 4.79 Å². The number of nitrogens with zero attached hydrogens (tertiary/aromatic N) is 5. The lowest BCUT2D eigenvalue weighted by Gasteiger charge is -2.19. The highest BCUT2D eigenvalue weighted by molar-refractivity contribution is 5.94. The van der Waals surface area contributed by atoms with E-state index in [9.17, 15) is 4.79 Å². The number of aryl methyl sites for hydroxylation is 1. The zero-order valence-corrected chi connectivity index (χ0v) is 13.8. The molecule has 0 unspecified atom stereocenters. The summed E-state index contributed by atoms with van der Waals surface area (Å²) in [5.74, 6) is 0.959. The van der Waals surface area contributed by atoms with Crippen LogP contribution in [0, 0.1) is 6.92 Å². The van der Waals surface area contributed by atoms with Gasteiger partial charge in [-0.1, -0.05) is 0 Å². The van der Waals surface area contributed by atoms with E-state index in [1.54, 1.807) is 20.0 Å². The van der Waals surface area contributed by atoms with E-state index in [-0.39, 0.29) is 5.78 Å². The van der Waals surface area contributed by atoms with Gasteiger partial charge in [-0.2, -0.15) is 0 Å². The van der Waals surface area contributed by atoms with Gasteiger partial charge in [0.15, 0.2) is 22.8 Å². The maximum absolute atomic E-state index is 11.3. The Bertz CT molecular complexity index is 907. The van der Waals surface area contributed by atoms with Gasteiger partial charge in [0.2, 0.25) is 0 Å². The molecule has 0 atom stereocenters. The van der Waals surface area contributed by atoms with E-state index in [1.807, 2.05) is 36.2 Å². The fraction of sp³-hybridized carbons (Fsp3) is 0.235. The van der Waals surface area contributed by atoms with Crippen molar-refractivity contribution in [1.82, 2.24) is 19.9 Å². The Balaban J connectivity index is 1.84. The van der Waals surface area contributed by atoms with Crippen LogP contribution in [0.3, 0.4) is 0 Å². The number of Topliss-reactive ketones (excluding diaryl/α,β-unsaturated/α-hetero) is 1. The summed E-state index contributed by atoms with van der Waals surface area (Å²) in [6.07, 6.45) is 1.69. The minimum Gasteiger partial charge on any atom is -0.382 e. The van der Waals surface area contributed by atoms with Gasteiger partial charge in [-0.25, -0.2) is 19.9 Å². The molecule has 24 heavy (non-hydrogen) atoms. The average molecular weight is 322 g/mol. The maximum atomic E-state index is 11.3. The van der Waals surface area contributed by atoms with Gasteiger partial charge in [-0.15, -0.1) is 0 Å². The number of ketones is 1. The lowest BCUT2D eigenvalue weighted by Crippen LogP contribution is -2.17. The normalized spacial score (nSPS) is 10.8. The molecule has 0 aliphatic carbocycles. The second-order valence-corrected chi connectivity index (χ2v) is 5.65. The van der Waals surface area contributed by atoms with Crippen LogP contribution >= 0.6 is 0 Å². The molecule has 0 spiro atoms. The molecule has 2 aromatic heterocycles. The largest absolute Gasteiger partial charge is 0.382 e. The zero-order chi connectivity index (χ0) is 17.3. The van der Waals surface area contributed by atoms with Crippen LogP contribution in [0.25, 0.3) is 11.2 Å². The van der Waals surface area contributed by atoms with Gasteiger partial charge in [-0.05, 0) is 38.1 Å². The molecule has 3 rings (SSSR count). The molecule has 122 valence electrons. The highest BCUT2D eigenvalue weighted by atomic mass is 16.1. The number of carbonyl (C=O) groups excluding carboxylic acids is 1. The van der Waals surface area contributed by atoms with E-state index in [4.69, 9.17) is 5.73 Å². The van der Waals surface area contributed by atoms with E-state index in [1.165, 1.54) is 0 Å². The van der Waals surface area contributed by atoms with Crippen LogP contribution in [0.15, 0.2) is 30.5 Å². The number of rotatable bonds is 4. The molecule has 0 saturated heterocycles. The second kappa shape index (κ2) is 6.19. The molecule has 7 nitrogen and oxygen atoms in total. The number of hydrogen-bond acceptors (Lipinski definition) is 7. The Kier molecular flexibility index (Phi) is 4.07. The van der Waals surface area contributed by atoms with Crippen LogP contribution < -0.4 is 10.6 Å². The summed E-state index contributed by atoms with van der Waals surface area (Å²) in [6, 6.07) is 7.45. The third-order valence-electron chi connectivity index (χ3n) is 3.71. The van der Waals surface area contributed by atoms with Crippen molar-refractivity contribution in [3.05, 3.63) is 47.5 Å². The molecule has 3 aromatic rings. The summed E-state index contributed by atoms with van der Waals surface area (Å²) >= 11 is 0. The number of nitrogen functional groups attached to an aromatic ring is 1. The average Bonchev–Trinajstić information content (AvgIpc) is 2.55. The fourth-order valence-electron chi connectivity index (χ4n) is 2.44. The second-order valence-electron chi connectivity index (χ2n) is 5.65. The predicted octanol–water partition coefficient (Wildman–Crippen LogP) is 2.15. The summed E-state index contributed by atoms with van der Waals surface area (Å²) in [5, 5.41) is 0. The number of hydrogen-bond donors (Lipinski definition) is 1. The van der Waals surface area contributed by atoms with Crippen LogP contribution in [0.4, 0.5) is 11.5 Å². The van der Waals surface area contributed by atoms with Gasteiger partial charge in [0.05, 0.1) is 18.4 Å². The topological polar surface area (TPSA) is 97.9 Å². The number of fused-ring (bicyclic) bond motifs is 1. The zero-order valence-electron chi connectivity index (χ0n) is 13.8. The first-order chi connectivity index (χ1) is 11.4. The van der Waals surface area contributed by atoms with Crippen molar-refractivity contribution in [3.8, 4) is 0 Å². The summed E-state index contributed by atoms with van der Waals surface area (Å²) in [5.41, 5.74) is 9.36. The first-order valence-corrected chi connectivity index (χ1v) is 7.52. The molecule has 0 aliphatic heterocycles. The molecule has 2 N–H and O–H groups in total. The highest BCUT2D eigenvalue weighted by Crippen LogP contribution is 2.18. The van der Waals surface area contributed by atoms with E-state index in [2.05, 4.69) is 19.9 Å². The van der Waals surface area contributed by atoms with Gasteiger partial charge in [0.1, 0.15) is 5.82 Å². The van der Waals surface area contributed by atoms with Crippen LogP contribution in [0.2, 0.25) is 0 Å². The minimum absolute atomic E-state index is 0.0513. The molecule has 0 fully saturated rings. The maximum Gasteiger partial charge on any atom is 0.183 e. The quantitative estimate of drug-likeness (QED) is 0.735. The Morgan fingerprint density at radius 3 is 2.54 bits per heavy atom. The van der Waals surface area contributed by atoms with E-state index < -0.39 is 0 Å². The molecule has 0 bridgehead atoms. The summed E-state index contributed by atoms with van der Waals surface area (Å²) in [6.45, 7) is 3.87. The molecule has 0 saturated carbocycles. The molecule has 0 aliphatic rings. The van der Waals surface area contributed by atoms with Gasteiger partial charge >= 0.3 is 0 Å². The first-order valence-electron chi connectivity index (χ1n) is 7.52. The van der Waals surface area contributed by atoms with Crippen molar-refractivity contribution in [1.29, 1.82) is 0 Å². The minimum atomic E-state index is 0.0513. The Morgan fingerprint density at radius 2 is 1.88 bits per heavy atom. The standard InChI is InChI=1S/C17H18N6O/c1-10(24)12-4-6-14(7-5-12)23(3)9-13-8-19-17-15(22-13)16(18)20-11(2)21-17/h4-8H,9H2,1-3H3,(H2,18,19,20,21). The Morgan fingerprint density at radius 1 is 1.17 bits per heavy atom. The van der Waals surface area contributed by atoms with Crippen LogP contribution in [-0.4, -0.2) is 32.8 Å². The van der Waals surface area contributed by atoms with Crippen LogP contribution in [0.5, 0.6) is 0 Å². The number of aromatic nitrogens is 4. The third kappa shape index (κ3) is 3.15. The number of nitrogens with two attached hydrogens (primary N) is 1. The fourth-order valence-corrected chi connectivity index (χ4v) is 2.44. The molecule has 7 heteroatoms. The Hall–Kier alpha value is -3.09. The van der Waals surface area contributed by atoms with Gasteiger partial charge in [0, 0.05) is 18.3 Å². The van der Waals surface area contributed by atoms with E-state index in [0.29, 0.717) is 34.9 Å². The molecule has 0 amide bonds. The van der Waals surface area contributed by atoms with Crippen LogP contribution in [-0.2, 0) is 6.54 Å². The molecule has 2 heterocycles. The predicted molar refractivity (Wildman–Crippen MR) is 92.8 cm³/mol. The van der Waals surface area contributed by atoms with E-state index >= 15 is 0 Å². The number of benzene rings is 1. The van der Waals surface area contributed by atoms with Crippen molar-refractivity contribution in [3.63, 3.8) is 0 Å². The SMILES string of the molecule is CC(=O)c1ccc(N(C)Cc2cnc3nc(C)nc(N)c3n2)cc1. The summed E-state index contributed by atoms with van der Waals surface area (Å²) < 4.78 is 0. The van der Waals surface area contributed by atoms with Gasteiger partial charge < -0.3 is 10.6 Å². The van der Waals surface area contributed by atoms with Crippen molar-refractivity contribution in [2.45, 2.75) is 20.4 Å². The number of anilines is 2. The van der Waals surface area contributed by atoms with E-state index in [0.717, 1.165) is 11.4 Å². The highest BCUT2D eigenvalue weighted by Gasteiger charge is 2.09. The lowest BCUT2D eigenvalue weighted by molar-refractivity contribution is 0.101. The summed E-state index contributed by atoms with van der Waals surface area (Å²) in [7, 11) is 1.95. The Labute approximate surface area is 139 Å². The monoisotopic (exact) mass is 322 g/mol. The van der Waals surface area contributed by atoms with Gasteiger partial charge in [-0.3, -0.25) is 4.79 Å². The number of carbonyl (C=O) groups is 1. The van der Waals surface area contributed by atoms with Crippen molar-refractivity contribution in [2.24, 2.45) is 0 Å². The van der Waals surface area contributed by atoms with Crippen molar-refractivity contribution in [2.75, 3.05) is 17.7 Å². The van der Waals surface area contributed by atoms with Crippen molar-refractivity contribution >= 4 is 28.5 Å². The van der Waals surface area contributed by atoms with Crippen LogP contribution in [0.1, 0.15) is 28.8 Å². The molecular formula is C17H18N6O. The smallest absolute Gasteiger partial charge is 0.183 e. The summed E-state index contributed by atoms with van der Waals surface area (Å²) in [4.78, 5) is 30.6. The lowest BCUT2D eigenvalue weighted by atomic mass is 10.1. The first kappa shape index (κ1) is 15.8. The molecule has 1 aromatic carbocycles. The van der Waals surface area contributed by atoms with Gasteiger partial charge in [0.25, 0.3) is 0 Å². The molecular weight excluding hydrogens is 304 g/mol. The third-order valence-corrected chi connectivity index (χ3v) is 3.71.